The van der Waals surface area contributed by atoms with E-state index in [4.69, 9.17) is 5.11 Å². The smallest absolute Gasteiger partial charge is 0.335 e. The molecule has 2 heterocycles. The highest BCUT2D eigenvalue weighted by molar-refractivity contribution is 7.17. The summed E-state index contributed by atoms with van der Waals surface area (Å²) in [6.07, 6.45) is 0. The predicted octanol–water partition coefficient (Wildman–Crippen LogP) is 2.77. The third-order valence-corrected chi connectivity index (χ3v) is 4.14. The Bertz CT molecular complexity index is 788. The molecular weight excluding hydrogens is 262 g/mol. The van der Waals surface area contributed by atoms with Crippen LogP contribution in [0.25, 0.3) is 16.3 Å². The highest BCUT2D eigenvalue weighted by atomic mass is 32.1. The van der Waals surface area contributed by atoms with Gasteiger partial charge in [0.05, 0.1) is 5.56 Å². The molecule has 3 rings (SSSR count). The average molecular weight is 273 g/mol. The van der Waals surface area contributed by atoms with E-state index < -0.39 is 5.97 Å². The summed E-state index contributed by atoms with van der Waals surface area (Å²) in [6, 6.07) is 6.74. The number of aromatic carboxylic acids is 1. The number of aryl methyl sites for hydroxylation is 2. The molecule has 1 N–H and O–H groups in total. The van der Waals surface area contributed by atoms with Gasteiger partial charge in [-0.15, -0.1) is 10.2 Å². The van der Waals surface area contributed by atoms with Crippen LogP contribution in [0.3, 0.4) is 0 Å². The zero-order valence-corrected chi connectivity index (χ0v) is 11.2. The summed E-state index contributed by atoms with van der Waals surface area (Å²) in [4.78, 5) is 13.0. The normalized spacial score (nSPS) is 11.1. The molecule has 5 nitrogen and oxygen atoms in total. The van der Waals surface area contributed by atoms with Gasteiger partial charge in [0.25, 0.3) is 0 Å². The minimum atomic E-state index is -0.944. The number of hydrogen-bond donors (Lipinski definition) is 1. The first-order chi connectivity index (χ1) is 9.08. The fourth-order valence-electron chi connectivity index (χ4n) is 1.98. The molecule has 0 saturated carbocycles. The largest absolute Gasteiger partial charge is 0.478 e. The second-order valence-corrected chi connectivity index (χ2v) is 5.45. The number of rotatable bonds is 2. The molecule has 0 bridgehead atoms. The Morgan fingerprint density at radius 1 is 1.32 bits per heavy atom. The predicted molar refractivity (Wildman–Crippen MR) is 72.7 cm³/mol. The summed E-state index contributed by atoms with van der Waals surface area (Å²) in [5, 5.41) is 17.3. The molecule has 3 aromatic rings. The van der Waals surface area contributed by atoms with E-state index in [1.807, 2.05) is 24.3 Å². The van der Waals surface area contributed by atoms with Crippen molar-refractivity contribution in [3.8, 4) is 11.4 Å². The molecule has 0 aliphatic heterocycles. The molecule has 0 aliphatic rings. The van der Waals surface area contributed by atoms with Gasteiger partial charge in [-0.1, -0.05) is 23.5 Å². The molecule has 1 aromatic carbocycles. The number of carbonyl (C=O) groups is 1. The summed E-state index contributed by atoms with van der Waals surface area (Å²) in [7, 11) is 0. The summed E-state index contributed by atoms with van der Waals surface area (Å²) in [6.45, 7) is 4.04. The van der Waals surface area contributed by atoms with Gasteiger partial charge in [0.1, 0.15) is 0 Å². The monoisotopic (exact) mass is 273 g/mol. The van der Waals surface area contributed by atoms with Gasteiger partial charge in [-0.05, 0) is 26.0 Å². The van der Waals surface area contributed by atoms with Gasteiger partial charge in [-0.2, -0.15) is 0 Å². The maximum absolute atomic E-state index is 11.0. The number of aromatic nitrogens is 3. The topological polar surface area (TPSA) is 67.5 Å². The molecule has 96 valence electrons. The number of benzene rings is 1. The number of hydrogen-bond acceptors (Lipinski definition) is 4. The Kier molecular flexibility index (Phi) is 2.60. The fourth-order valence-corrected chi connectivity index (χ4v) is 2.89. The summed E-state index contributed by atoms with van der Waals surface area (Å²) in [5.41, 5.74) is 2.09. The highest BCUT2D eigenvalue weighted by Crippen LogP contribution is 2.27. The third kappa shape index (κ3) is 1.80. The zero-order valence-electron chi connectivity index (χ0n) is 10.4. The van der Waals surface area contributed by atoms with Crippen molar-refractivity contribution < 1.29 is 9.90 Å². The summed E-state index contributed by atoms with van der Waals surface area (Å²) >= 11 is 1.58. The van der Waals surface area contributed by atoms with Gasteiger partial charge in [-0.25, -0.2) is 4.79 Å². The third-order valence-electron chi connectivity index (χ3n) is 3.09. The molecule has 0 unspecified atom stereocenters. The second kappa shape index (κ2) is 4.17. The van der Waals surface area contributed by atoms with Crippen LogP contribution in [0, 0.1) is 13.8 Å². The van der Waals surface area contributed by atoms with Crippen molar-refractivity contribution in [2.24, 2.45) is 0 Å². The van der Waals surface area contributed by atoms with Crippen LogP contribution in [0.2, 0.25) is 0 Å². The van der Waals surface area contributed by atoms with Crippen LogP contribution in [-0.2, 0) is 0 Å². The molecule has 0 radical (unpaired) electrons. The molecule has 0 aliphatic carbocycles. The molecule has 19 heavy (non-hydrogen) atoms. The Balaban J connectivity index is 2.24. The standard InChI is InChI=1S/C13H11N3O2S/c1-7-8(2)19-13-15-14-11(16(7)13)9-4-3-5-10(6-9)12(17)18/h3-6H,1-2H3,(H,17,18). The van der Waals surface area contributed by atoms with Gasteiger partial charge in [0, 0.05) is 16.1 Å². The van der Waals surface area contributed by atoms with Crippen molar-refractivity contribution in [2.75, 3.05) is 0 Å². The lowest BCUT2D eigenvalue weighted by Crippen LogP contribution is -1.97. The molecule has 0 saturated heterocycles. The van der Waals surface area contributed by atoms with Crippen LogP contribution in [-0.4, -0.2) is 25.7 Å². The first kappa shape index (κ1) is 11.9. The first-order valence-electron chi connectivity index (χ1n) is 5.73. The van der Waals surface area contributed by atoms with E-state index in [0.29, 0.717) is 5.82 Å². The van der Waals surface area contributed by atoms with Gasteiger partial charge >= 0.3 is 5.97 Å². The average Bonchev–Trinajstić information content (AvgIpc) is 2.92. The van der Waals surface area contributed by atoms with Gasteiger partial charge < -0.3 is 5.11 Å². The summed E-state index contributed by atoms with van der Waals surface area (Å²) < 4.78 is 1.96. The lowest BCUT2D eigenvalue weighted by molar-refractivity contribution is 0.0697. The quantitative estimate of drug-likeness (QED) is 0.779. The van der Waals surface area contributed by atoms with Crippen LogP contribution < -0.4 is 0 Å². The maximum Gasteiger partial charge on any atom is 0.335 e. The number of fused-ring (bicyclic) bond motifs is 1. The van der Waals surface area contributed by atoms with Crippen LogP contribution >= 0.6 is 11.3 Å². The van der Waals surface area contributed by atoms with Crippen molar-refractivity contribution in [1.82, 2.24) is 14.6 Å². The van der Waals surface area contributed by atoms with Crippen molar-refractivity contribution in [3.05, 3.63) is 40.4 Å². The maximum atomic E-state index is 11.0. The van der Waals surface area contributed by atoms with E-state index in [2.05, 4.69) is 10.2 Å². The molecule has 0 spiro atoms. The van der Waals surface area contributed by atoms with E-state index in [1.165, 1.54) is 4.88 Å². The lowest BCUT2D eigenvalue weighted by atomic mass is 10.1. The van der Waals surface area contributed by atoms with Gasteiger partial charge in [-0.3, -0.25) is 4.40 Å². The van der Waals surface area contributed by atoms with Crippen LogP contribution in [0.1, 0.15) is 20.9 Å². The van der Waals surface area contributed by atoms with E-state index in [9.17, 15) is 4.79 Å². The minimum absolute atomic E-state index is 0.249. The molecule has 2 aromatic heterocycles. The Morgan fingerprint density at radius 3 is 2.84 bits per heavy atom. The van der Waals surface area contributed by atoms with E-state index >= 15 is 0 Å². The molecule has 0 atom stereocenters. The van der Waals surface area contributed by atoms with E-state index in [1.54, 1.807) is 29.5 Å². The van der Waals surface area contributed by atoms with Crippen molar-refractivity contribution in [3.63, 3.8) is 0 Å². The Labute approximate surface area is 113 Å². The number of carboxylic acids is 1. The zero-order chi connectivity index (χ0) is 13.6. The number of nitrogens with zero attached hydrogens (tertiary/aromatic N) is 3. The van der Waals surface area contributed by atoms with Crippen molar-refractivity contribution in [2.45, 2.75) is 13.8 Å². The Hall–Kier alpha value is -2.21. The molecule has 0 fully saturated rings. The molecule has 0 amide bonds. The number of thiazole rings is 1. The molecular formula is C13H11N3O2S. The second-order valence-electron chi connectivity index (χ2n) is 4.27. The van der Waals surface area contributed by atoms with Crippen molar-refractivity contribution >= 4 is 22.3 Å². The highest BCUT2D eigenvalue weighted by Gasteiger charge is 2.15. The first-order valence-corrected chi connectivity index (χ1v) is 6.54. The van der Waals surface area contributed by atoms with Crippen LogP contribution in [0.5, 0.6) is 0 Å². The van der Waals surface area contributed by atoms with Crippen LogP contribution in [0.15, 0.2) is 24.3 Å². The van der Waals surface area contributed by atoms with Crippen LogP contribution in [0.4, 0.5) is 0 Å². The van der Waals surface area contributed by atoms with Gasteiger partial charge in [0.2, 0.25) is 4.96 Å². The summed E-state index contributed by atoms with van der Waals surface area (Å²) in [5.74, 6) is -0.263. The number of carboxylic acid groups (broad SMARTS) is 1. The van der Waals surface area contributed by atoms with Crippen molar-refractivity contribution in [1.29, 1.82) is 0 Å². The van der Waals surface area contributed by atoms with E-state index in [0.717, 1.165) is 16.2 Å². The lowest BCUT2D eigenvalue weighted by Gasteiger charge is -2.01. The van der Waals surface area contributed by atoms with E-state index in [-0.39, 0.29) is 5.56 Å². The Morgan fingerprint density at radius 2 is 2.11 bits per heavy atom. The molecule has 6 heteroatoms. The SMILES string of the molecule is Cc1sc2nnc(-c3cccc(C(=O)O)c3)n2c1C. The fraction of sp³-hybridized carbons (Fsp3) is 0.154. The minimum Gasteiger partial charge on any atom is -0.478 e. The van der Waals surface area contributed by atoms with Gasteiger partial charge in [0.15, 0.2) is 5.82 Å².